The van der Waals surface area contributed by atoms with Crippen LogP contribution in [0, 0.1) is 11.2 Å². The van der Waals surface area contributed by atoms with E-state index in [0.717, 1.165) is 5.56 Å². The van der Waals surface area contributed by atoms with Crippen LogP contribution in [-0.2, 0) is 22.4 Å². The predicted molar refractivity (Wildman–Crippen MR) is 99.9 cm³/mol. The summed E-state index contributed by atoms with van der Waals surface area (Å²) in [6.07, 6.45) is 3.10. The van der Waals surface area contributed by atoms with Crippen molar-refractivity contribution in [2.45, 2.75) is 31.8 Å². The highest BCUT2D eigenvalue weighted by molar-refractivity contribution is 5.80. The van der Waals surface area contributed by atoms with E-state index >= 15 is 0 Å². The first-order chi connectivity index (χ1) is 13.4. The maximum atomic E-state index is 13.5. The van der Waals surface area contributed by atoms with Crippen molar-refractivity contribution in [2.24, 2.45) is 5.41 Å². The maximum Gasteiger partial charge on any atom is 0.314 e. The van der Waals surface area contributed by atoms with Gasteiger partial charge in [0.15, 0.2) is 0 Å². The van der Waals surface area contributed by atoms with Gasteiger partial charge in [-0.3, -0.25) is 14.6 Å². The van der Waals surface area contributed by atoms with E-state index in [1.165, 1.54) is 23.1 Å². The molecule has 6 nitrogen and oxygen atoms in total. The Morgan fingerprint density at radius 1 is 1.25 bits per heavy atom. The highest BCUT2D eigenvalue weighted by atomic mass is 19.1. The molecule has 0 aliphatic carbocycles. The molecular formula is C21H23FN2O4. The van der Waals surface area contributed by atoms with Crippen molar-refractivity contribution < 1.29 is 24.2 Å². The van der Waals surface area contributed by atoms with Gasteiger partial charge in [-0.05, 0) is 48.6 Å². The average molecular weight is 386 g/mol. The number of amides is 1. The van der Waals surface area contributed by atoms with Gasteiger partial charge in [0.2, 0.25) is 5.91 Å². The summed E-state index contributed by atoms with van der Waals surface area (Å²) in [5.41, 5.74) is -0.154. The minimum atomic E-state index is -1.56. The number of likely N-dealkylation sites (tertiary alicyclic amines) is 1. The summed E-state index contributed by atoms with van der Waals surface area (Å²) in [5.74, 6) is -1.82. The van der Waals surface area contributed by atoms with E-state index in [9.17, 15) is 24.2 Å². The summed E-state index contributed by atoms with van der Waals surface area (Å²) in [4.78, 5) is 30.3. The number of aliphatic carboxylic acids is 1. The molecular weight excluding hydrogens is 363 g/mol. The molecule has 0 spiro atoms. The highest BCUT2D eigenvalue weighted by Gasteiger charge is 2.50. The molecule has 0 radical (unpaired) electrons. The second-order valence-electron chi connectivity index (χ2n) is 7.25. The molecule has 1 aliphatic rings. The number of carboxylic acids is 1. The van der Waals surface area contributed by atoms with Crippen LogP contribution in [0.3, 0.4) is 0 Å². The molecule has 1 aliphatic heterocycles. The quantitative estimate of drug-likeness (QED) is 0.793. The minimum Gasteiger partial charge on any atom is -0.481 e. The number of halogens is 1. The summed E-state index contributed by atoms with van der Waals surface area (Å²) in [6, 6.07) is 9.36. The van der Waals surface area contributed by atoms with Gasteiger partial charge in [-0.2, -0.15) is 0 Å². The molecule has 7 heteroatoms. The molecule has 1 amide bonds. The lowest BCUT2D eigenvalue weighted by Gasteiger charge is -2.43. The van der Waals surface area contributed by atoms with Gasteiger partial charge in [0.05, 0.1) is 6.10 Å². The fraction of sp³-hybridized carbons (Fsp3) is 0.381. The third kappa shape index (κ3) is 4.36. The number of pyridine rings is 1. The monoisotopic (exact) mass is 386 g/mol. The zero-order chi connectivity index (χ0) is 20.1. The molecule has 148 valence electrons. The van der Waals surface area contributed by atoms with Crippen LogP contribution in [0.4, 0.5) is 4.39 Å². The van der Waals surface area contributed by atoms with Crippen LogP contribution >= 0.6 is 0 Å². The lowest BCUT2D eigenvalue weighted by molar-refractivity contribution is -0.165. The third-order valence-corrected chi connectivity index (χ3v) is 5.32. The first-order valence-electron chi connectivity index (χ1n) is 9.23. The van der Waals surface area contributed by atoms with Gasteiger partial charge < -0.3 is 15.1 Å². The first-order valence-corrected chi connectivity index (χ1v) is 9.23. The molecule has 0 saturated carbocycles. The number of hydrogen-bond donors (Lipinski definition) is 2. The smallest absolute Gasteiger partial charge is 0.314 e. The van der Waals surface area contributed by atoms with E-state index in [1.54, 1.807) is 24.5 Å². The number of aliphatic hydroxyl groups excluding tert-OH is 1. The summed E-state index contributed by atoms with van der Waals surface area (Å²) in [5, 5.41) is 20.4. The van der Waals surface area contributed by atoms with Crippen LogP contribution in [0.2, 0.25) is 0 Å². The fourth-order valence-electron chi connectivity index (χ4n) is 3.72. The van der Waals surface area contributed by atoms with Crippen LogP contribution in [-0.4, -0.2) is 51.2 Å². The molecule has 1 aromatic carbocycles. The van der Waals surface area contributed by atoms with Crippen LogP contribution in [0.25, 0.3) is 0 Å². The molecule has 1 fully saturated rings. The standard InChI is InChI=1S/C21H23FN2O4/c22-17-5-1-3-16(11-17)12-21(20(27)28)14-24(10-8-18(21)25)19(26)7-6-15-4-2-9-23-13-15/h1-5,9,11,13,18,25H,6-8,10,12,14H2,(H,27,28)/t18-,21+/m0/s1. The van der Waals surface area contributed by atoms with Gasteiger partial charge in [0.25, 0.3) is 0 Å². The lowest BCUT2D eigenvalue weighted by Crippen LogP contribution is -2.58. The van der Waals surface area contributed by atoms with E-state index in [0.29, 0.717) is 18.5 Å². The molecule has 1 aromatic heterocycles. The summed E-state index contributed by atoms with van der Waals surface area (Å²) < 4.78 is 13.5. The SMILES string of the molecule is O=C(CCc1cccnc1)N1CC[C@H](O)[C@](Cc2cccc(F)c2)(C(=O)O)C1. The molecule has 2 atom stereocenters. The second kappa shape index (κ2) is 8.48. The number of piperidine rings is 1. The molecule has 2 N–H and O–H groups in total. The maximum absolute atomic E-state index is 13.5. The number of nitrogens with zero attached hydrogens (tertiary/aromatic N) is 2. The number of rotatable bonds is 6. The van der Waals surface area contributed by atoms with Gasteiger partial charge in [0, 0.05) is 31.9 Å². The first kappa shape index (κ1) is 19.9. The number of carboxylic acid groups (broad SMARTS) is 1. The minimum absolute atomic E-state index is 0.0480. The largest absolute Gasteiger partial charge is 0.481 e. The molecule has 3 rings (SSSR count). The second-order valence-corrected chi connectivity index (χ2v) is 7.25. The average Bonchev–Trinajstić information content (AvgIpc) is 2.68. The predicted octanol–water partition coefficient (Wildman–Crippen LogP) is 2.06. The molecule has 2 heterocycles. The molecule has 1 saturated heterocycles. The van der Waals surface area contributed by atoms with Gasteiger partial charge in [-0.25, -0.2) is 4.39 Å². The van der Waals surface area contributed by atoms with Crippen molar-refractivity contribution in [2.75, 3.05) is 13.1 Å². The Bertz CT molecular complexity index is 845. The molecule has 2 aromatic rings. The molecule has 28 heavy (non-hydrogen) atoms. The number of hydrogen-bond acceptors (Lipinski definition) is 4. The zero-order valence-corrected chi connectivity index (χ0v) is 15.4. The zero-order valence-electron chi connectivity index (χ0n) is 15.4. The number of benzene rings is 1. The van der Waals surface area contributed by atoms with Crippen LogP contribution in [0.1, 0.15) is 24.0 Å². The number of carbonyl (C=O) groups is 2. The van der Waals surface area contributed by atoms with Crippen molar-refractivity contribution in [3.8, 4) is 0 Å². The topological polar surface area (TPSA) is 90.7 Å². The number of aliphatic hydroxyl groups is 1. The third-order valence-electron chi connectivity index (χ3n) is 5.32. The van der Waals surface area contributed by atoms with Gasteiger partial charge in [0.1, 0.15) is 11.2 Å². The summed E-state index contributed by atoms with van der Waals surface area (Å²) in [6.45, 7) is 0.192. The van der Waals surface area contributed by atoms with Crippen LogP contribution in [0.15, 0.2) is 48.8 Å². The number of aryl methyl sites for hydroxylation is 1. The summed E-state index contributed by atoms with van der Waals surface area (Å²) in [7, 11) is 0. The van der Waals surface area contributed by atoms with E-state index in [2.05, 4.69) is 4.98 Å². The molecule has 0 unspecified atom stereocenters. The molecule has 0 bridgehead atoms. The van der Waals surface area contributed by atoms with Crippen molar-refractivity contribution in [1.82, 2.24) is 9.88 Å². The van der Waals surface area contributed by atoms with E-state index in [4.69, 9.17) is 0 Å². The van der Waals surface area contributed by atoms with E-state index in [1.807, 2.05) is 6.07 Å². The Kier molecular flexibility index (Phi) is 6.04. The van der Waals surface area contributed by atoms with Crippen LogP contribution in [0.5, 0.6) is 0 Å². The van der Waals surface area contributed by atoms with Gasteiger partial charge >= 0.3 is 5.97 Å². The van der Waals surface area contributed by atoms with E-state index < -0.39 is 23.3 Å². The van der Waals surface area contributed by atoms with Gasteiger partial charge in [-0.15, -0.1) is 0 Å². The van der Waals surface area contributed by atoms with Crippen molar-refractivity contribution in [1.29, 1.82) is 0 Å². The fourth-order valence-corrected chi connectivity index (χ4v) is 3.72. The van der Waals surface area contributed by atoms with Crippen molar-refractivity contribution in [3.05, 3.63) is 65.7 Å². The van der Waals surface area contributed by atoms with Crippen molar-refractivity contribution >= 4 is 11.9 Å². The van der Waals surface area contributed by atoms with E-state index in [-0.39, 0.29) is 31.7 Å². The number of aromatic nitrogens is 1. The Morgan fingerprint density at radius 2 is 2.04 bits per heavy atom. The Balaban J connectivity index is 1.74. The van der Waals surface area contributed by atoms with Gasteiger partial charge in [-0.1, -0.05) is 18.2 Å². The van der Waals surface area contributed by atoms with Crippen LogP contribution < -0.4 is 0 Å². The highest BCUT2D eigenvalue weighted by Crippen LogP contribution is 2.35. The number of carbonyl (C=O) groups excluding carboxylic acids is 1. The normalized spacial score (nSPS) is 22.1. The lowest BCUT2D eigenvalue weighted by atomic mass is 9.72. The Hall–Kier alpha value is -2.80. The van der Waals surface area contributed by atoms with Crippen molar-refractivity contribution in [3.63, 3.8) is 0 Å². The summed E-state index contributed by atoms with van der Waals surface area (Å²) >= 11 is 0. The Morgan fingerprint density at radius 3 is 2.71 bits per heavy atom. The Labute approximate surface area is 162 Å².